The molecule has 0 atom stereocenters. The Morgan fingerprint density at radius 2 is 1.17 bits per heavy atom. The van der Waals surface area contributed by atoms with E-state index in [0.717, 1.165) is 33.4 Å². The number of carboxylic acid groups (broad SMARTS) is 2. The lowest BCUT2D eigenvalue weighted by Crippen LogP contribution is -2.21. The molecular weight excluding hydrogens is 576 g/mol. The molecule has 0 fully saturated rings. The van der Waals surface area contributed by atoms with E-state index < -0.39 is 30.2 Å². The van der Waals surface area contributed by atoms with Gasteiger partial charge in [-0.2, -0.15) is 36.5 Å². The molecule has 42 heavy (non-hydrogen) atoms. The van der Waals surface area contributed by atoms with Crippen molar-refractivity contribution in [3.8, 4) is 11.1 Å². The number of hydrogen-bond acceptors (Lipinski definition) is 7. The molecule has 3 aromatic carbocycles. The molecule has 1 amide bonds. The van der Waals surface area contributed by atoms with Crippen molar-refractivity contribution in [2.75, 3.05) is 0 Å². The fourth-order valence-corrected chi connectivity index (χ4v) is 3.16. The number of hydrazone groups is 2. The van der Waals surface area contributed by atoms with E-state index in [1.807, 2.05) is 48.5 Å². The first kappa shape index (κ1) is 34.6. The number of carboxylic acids is 2. The third-order valence-corrected chi connectivity index (χ3v) is 4.95. The van der Waals surface area contributed by atoms with Crippen molar-refractivity contribution in [3.05, 3.63) is 94.5 Å². The Hall–Kier alpha value is -5.41. The zero-order valence-electron chi connectivity index (χ0n) is 21.2. The third kappa shape index (κ3) is 11.4. The monoisotopic (exact) mass is 599 g/mol. The number of aliphatic carboxylic acids is 2. The van der Waals surface area contributed by atoms with Crippen LogP contribution in [0.5, 0.6) is 0 Å². The summed E-state index contributed by atoms with van der Waals surface area (Å²) < 4.78 is 63.5. The van der Waals surface area contributed by atoms with E-state index in [1.165, 1.54) is 6.21 Å². The topological polar surface area (TPSA) is 194 Å². The summed E-state index contributed by atoms with van der Waals surface area (Å²) in [5, 5.41) is 21.3. The first-order valence-corrected chi connectivity index (χ1v) is 11.2. The summed E-state index contributed by atoms with van der Waals surface area (Å²) in [6.07, 6.45) is -6.48. The van der Waals surface area contributed by atoms with E-state index in [9.17, 15) is 31.1 Å². The van der Waals surface area contributed by atoms with Crippen LogP contribution < -0.4 is 17.4 Å². The fraction of sp³-hybridized carbons (Fsp3) is 0.115. The predicted molar refractivity (Wildman–Crippen MR) is 141 cm³/mol. The summed E-state index contributed by atoms with van der Waals surface area (Å²) in [5.41, 5.74) is 11.8. The van der Waals surface area contributed by atoms with Crippen molar-refractivity contribution in [2.24, 2.45) is 27.6 Å². The summed E-state index contributed by atoms with van der Waals surface area (Å²) in [5.74, 6) is 4.48. The van der Waals surface area contributed by atoms with Gasteiger partial charge in [0.25, 0.3) is 0 Å². The minimum Gasteiger partial charge on any atom is -0.475 e. The maximum atomic E-state index is 11.9. The first-order valence-electron chi connectivity index (χ1n) is 11.2. The zero-order valence-corrected chi connectivity index (χ0v) is 21.2. The number of alkyl halides is 6. The summed E-state index contributed by atoms with van der Waals surface area (Å²) in [6.45, 7) is 0. The number of rotatable bonds is 6. The van der Waals surface area contributed by atoms with E-state index in [4.69, 9.17) is 37.2 Å². The van der Waals surface area contributed by atoms with Gasteiger partial charge in [0.05, 0.1) is 12.4 Å². The molecule has 0 aromatic heterocycles. The number of benzene rings is 3. The second-order valence-electron chi connectivity index (χ2n) is 7.90. The second-order valence-corrected chi connectivity index (χ2v) is 7.90. The van der Waals surface area contributed by atoms with Gasteiger partial charge in [-0.1, -0.05) is 54.6 Å². The molecule has 0 heterocycles. The van der Waals surface area contributed by atoms with Crippen LogP contribution in [-0.2, 0) is 16.0 Å². The minimum absolute atomic E-state index is 0.464. The Morgan fingerprint density at radius 1 is 0.714 bits per heavy atom. The molecule has 0 radical (unpaired) electrons. The van der Waals surface area contributed by atoms with Gasteiger partial charge in [-0.15, -0.1) is 0 Å². The predicted octanol–water partition coefficient (Wildman–Crippen LogP) is 3.90. The van der Waals surface area contributed by atoms with Gasteiger partial charge < -0.3 is 27.6 Å². The molecule has 224 valence electrons. The normalized spacial score (nSPS) is 11.3. The Balaban J connectivity index is 0.000000522. The minimum atomic E-state index is -5.08. The molecule has 3 rings (SSSR count). The van der Waals surface area contributed by atoms with Gasteiger partial charge >= 0.3 is 24.3 Å². The average Bonchev–Trinajstić information content (AvgIpc) is 2.89. The number of amides is 1. The van der Waals surface area contributed by atoms with Crippen LogP contribution in [0, 0.1) is 0 Å². The Morgan fingerprint density at radius 3 is 1.62 bits per heavy atom. The molecule has 0 saturated carbocycles. The van der Waals surface area contributed by atoms with E-state index in [-0.39, 0.29) is 0 Å². The average molecular weight is 599 g/mol. The molecule has 0 aliphatic rings. The van der Waals surface area contributed by atoms with Gasteiger partial charge in [-0.05, 0) is 51.9 Å². The maximum absolute atomic E-state index is 11.9. The van der Waals surface area contributed by atoms with Gasteiger partial charge in [0.1, 0.15) is 0 Å². The van der Waals surface area contributed by atoms with Gasteiger partial charge in [0, 0.05) is 5.56 Å². The molecule has 10 nitrogen and oxygen atoms in total. The Bertz CT molecular complexity index is 1410. The van der Waals surface area contributed by atoms with Crippen LogP contribution in [0.25, 0.3) is 11.1 Å². The first-order chi connectivity index (χ1) is 19.5. The van der Waals surface area contributed by atoms with Crippen LogP contribution >= 0.6 is 0 Å². The highest BCUT2D eigenvalue weighted by molar-refractivity contribution is 5.95. The summed E-state index contributed by atoms with van der Waals surface area (Å²) in [7, 11) is 0. The molecule has 0 saturated heterocycles. The van der Waals surface area contributed by atoms with Crippen LogP contribution in [0.4, 0.5) is 26.3 Å². The van der Waals surface area contributed by atoms with Gasteiger partial charge in [-0.3, -0.25) is 4.79 Å². The molecular formula is C26H23F6N5O5. The van der Waals surface area contributed by atoms with Crippen LogP contribution in [-0.4, -0.2) is 52.8 Å². The molecule has 3 aromatic rings. The number of carbonyl (C=O) groups excluding carboxylic acids is 1. The van der Waals surface area contributed by atoms with Crippen molar-refractivity contribution in [3.63, 3.8) is 0 Å². The molecule has 0 aliphatic heterocycles. The van der Waals surface area contributed by atoms with Crippen molar-refractivity contribution >= 4 is 30.3 Å². The quantitative estimate of drug-likeness (QED) is 0.123. The number of primary amides is 1. The standard InChI is InChI=1S/C22H21N5O.2C2HF3O2/c23-22(28)21-10-7-16(14-27-25)11-19(21)12-18-3-1-2-4-20(18)17-8-5-15(6-9-17)13-26-24;2*3-2(4,5)1(6)7/h1-11,13-14H,12,24-25H2,(H2,23,28);2*(H,6,7). The van der Waals surface area contributed by atoms with Crippen LogP contribution in [0.3, 0.4) is 0 Å². The third-order valence-electron chi connectivity index (χ3n) is 4.95. The molecule has 0 spiro atoms. The molecule has 8 N–H and O–H groups in total. The second kappa shape index (κ2) is 15.4. The number of halogens is 6. The highest BCUT2D eigenvalue weighted by Gasteiger charge is 2.38. The SMILES string of the molecule is NN=Cc1ccc(-c2ccccc2Cc2cc(C=NN)ccc2C(N)=O)cc1.O=C(O)C(F)(F)F.O=C(O)C(F)(F)F. The maximum Gasteiger partial charge on any atom is 0.490 e. The van der Waals surface area contributed by atoms with E-state index in [2.05, 4.69) is 16.3 Å². The largest absolute Gasteiger partial charge is 0.490 e. The number of nitrogens with zero attached hydrogens (tertiary/aromatic N) is 2. The van der Waals surface area contributed by atoms with E-state index in [0.29, 0.717) is 12.0 Å². The zero-order chi connectivity index (χ0) is 32.1. The number of nitrogens with two attached hydrogens (primary N) is 3. The van der Waals surface area contributed by atoms with Gasteiger partial charge in [0.15, 0.2) is 0 Å². The van der Waals surface area contributed by atoms with E-state index >= 15 is 0 Å². The van der Waals surface area contributed by atoms with Crippen molar-refractivity contribution in [1.29, 1.82) is 0 Å². The van der Waals surface area contributed by atoms with Crippen LogP contribution in [0.15, 0.2) is 76.9 Å². The summed E-state index contributed by atoms with van der Waals surface area (Å²) in [4.78, 5) is 29.7. The van der Waals surface area contributed by atoms with Crippen molar-refractivity contribution < 1.29 is 50.9 Å². The Kier molecular flexibility index (Phi) is 12.7. The number of carbonyl (C=O) groups is 3. The molecule has 0 bridgehead atoms. The van der Waals surface area contributed by atoms with Crippen molar-refractivity contribution in [2.45, 2.75) is 18.8 Å². The summed E-state index contributed by atoms with van der Waals surface area (Å²) >= 11 is 0. The molecule has 16 heteroatoms. The lowest BCUT2D eigenvalue weighted by Gasteiger charge is -2.13. The smallest absolute Gasteiger partial charge is 0.475 e. The van der Waals surface area contributed by atoms with Gasteiger partial charge in [-0.25, -0.2) is 9.59 Å². The lowest BCUT2D eigenvalue weighted by molar-refractivity contribution is -0.193. The Labute approximate surface area is 233 Å². The van der Waals surface area contributed by atoms with Gasteiger partial charge in [0.2, 0.25) is 5.91 Å². The molecule has 0 aliphatic carbocycles. The van der Waals surface area contributed by atoms with Crippen molar-refractivity contribution in [1.82, 2.24) is 0 Å². The highest BCUT2D eigenvalue weighted by Crippen LogP contribution is 2.27. The van der Waals surface area contributed by atoms with Crippen LogP contribution in [0.2, 0.25) is 0 Å². The highest BCUT2D eigenvalue weighted by atomic mass is 19.4. The summed E-state index contributed by atoms with van der Waals surface area (Å²) in [6, 6.07) is 21.4. The number of hydrogen-bond donors (Lipinski definition) is 5. The fourth-order valence-electron chi connectivity index (χ4n) is 3.16. The van der Waals surface area contributed by atoms with E-state index in [1.54, 1.807) is 18.3 Å². The lowest BCUT2D eigenvalue weighted by atomic mass is 9.92. The molecule has 0 unspecified atom stereocenters. The van der Waals surface area contributed by atoms with Crippen LogP contribution in [0.1, 0.15) is 32.6 Å².